The van der Waals surface area contributed by atoms with E-state index in [1.54, 1.807) is 6.07 Å². The molecule has 3 unspecified atom stereocenters. The van der Waals surface area contributed by atoms with E-state index in [9.17, 15) is 9.50 Å². The Bertz CT molecular complexity index is 570. The van der Waals surface area contributed by atoms with Crippen molar-refractivity contribution in [2.24, 2.45) is 4.99 Å². The van der Waals surface area contributed by atoms with Crippen LogP contribution in [0, 0.1) is 5.82 Å². The highest BCUT2D eigenvalue weighted by Crippen LogP contribution is 2.34. The Balaban J connectivity index is 0.00000192. The first kappa shape index (κ1) is 18.3. The van der Waals surface area contributed by atoms with E-state index in [1.807, 2.05) is 6.92 Å². The highest BCUT2D eigenvalue weighted by atomic mass is 127. The van der Waals surface area contributed by atoms with Gasteiger partial charge >= 0.3 is 0 Å². The molecule has 0 saturated carbocycles. The molecule has 3 atom stereocenters. The molecule has 3 rings (SSSR count). The van der Waals surface area contributed by atoms with Crippen LogP contribution in [0.3, 0.4) is 0 Å². The van der Waals surface area contributed by atoms with E-state index in [1.165, 1.54) is 12.1 Å². The highest BCUT2D eigenvalue weighted by Gasteiger charge is 2.41. The standard InChI is InChI=1S/C16H22FN3O2.HI/c1-2-18-16(20-13-8-11-4-6-15(13)22-11)19-9-10-3-5-14(21)12(17)7-10;/h3,5,7,11,13,15,21H,2,4,6,8-9H2,1H3,(H2,18,19,20);1H. The monoisotopic (exact) mass is 435 g/mol. The average Bonchev–Trinajstić information content (AvgIpc) is 3.11. The minimum Gasteiger partial charge on any atom is -0.505 e. The fraction of sp³-hybridized carbons (Fsp3) is 0.562. The minimum atomic E-state index is -0.618. The first-order valence-corrected chi connectivity index (χ1v) is 7.83. The van der Waals surface area contributed by atoms with Gasteiger partial charge in [-0.15, -0.1) is 24.0 Å². The summed E-state index contributed by atoms with van der Waals surface area (Å²) in [5.41, 5.74) is 0.719. The lowest BCUT2D eigenvalue weighted by atomic mass is 9.96. The lowest BCUT2D eigenvalue weighted by Gasteiger charge is -2.22. The number of benzene rings is 1. The van der Waals surface area contributed by atoms with Crippen LogP contribution in [0.2, 0.25) is 0 Å². The van der Waals surface area contributed by atoms with Crippen LogP contribution >= 0.6 is 24.0 Å². The summed E-state index contributed by atoms with van der Waals surface area (Å²) in [4.78, 5) is 4.49. The molecule has 7 heteroatoms. The Morgan fingerprint density at radius 1 is 1.43 bits per heavy atom. The van der Waals surface area contributed by atoms with Gasteiger partial charge in [0.15, 0.2) is 17.5 Å². The largest absolute Gasteiger partial charge is 0.505 e. The van der Waals surface area contributed by atoms with Gasteiger partial charge in [0.05, 0.1) is 24.8 Å². The molecule has 5 nitrogen and oxygen atoms in total. The highest BCUT2D eigenvalue weighted by molar-refractivity contribution is 14.0. The zero-order chi connectivity index (χ0) is 15.5. The van der Waals surface area contributed by atoms with Crippen molar-refractivity contribution in [1.29, 1.82) is 0 Å². The van der Waals surface area contributed by atoms with Crippen LogP contribution in [0.1, 0.15) is 31.7 Å². The fourth-order valence-corrected chi connectivity index (χ4v) is 3.10. The minimum absolute atomic E-state index is 0. The smallest absolute Gasteiger partial charge is 0.191 e. The van der Waals surface area contributed by atoms with Crippen molar-refractivity contribution in [3.8, 4) is 5.75 Å². The molecule has 2 fully saturated rings. The summed E-state index contributed by atoms with van der Waals surface area (Å²) in [5, 5.41) is 15.8. The van der Waals surface area contributed by atoms with Crippen LogP contribution in [0.15, 0.2) is 23.2 Å². The van der Waals surface area contributed by atoms with Gasteiger partial charge in [0.25, 0.3) is 0 Å². The Labute approximate surface area is 152 Å². The number of nitrogens with one attached hydrogen (secondary N) is 2. The molecule has 0 amide bonds. The fourth-order valence-electron chi connectivity index (χ4n) is 3.10. The SMILES string of the molecule is CCNC(=NCc1ccc(O)c(F)c1)NC1CC2CCC1O2.I. The van der Waals surface area contributed by atoms with E-state index in [-0.39, 0.29) is 35.8 Å². The van der Waals surface area contributed by atoms with Gasteiger partial charge in [0.1, 0.15) is 0 Å². The van der Waals surface area contributed by atoms with E-state index in [0.717, 1.165) is 37.3 Å². The Morgan fingerprint density at radius 2 is 2.26 bits per heavy atom. The van der Waals surface area contributed by atoms with Gasteiger partial charge in [0.2, 0.25) is 0 Å². The third kappa shape index (κ3) is 4.47. The molecule has 1 aromatic rings. The first-order chi connectivity index (χ1) is 10.7. The number of aromatic hydroxyl groups is 1. The molecule has 2 aliphatic heterocycles. The zero-order valence-electron chi connectivity index (χ0n) is 13.1. The van der Waals surface area contributed by atoms with Crippen molar-refractivity contribution in [2.45, 2.75) is 51.0 Å². The summed E-state index contributed by atoms with van der Waals surface area (Å²) in [5.74, 6) is -0.235. The summed E-state index contributed by atoms with van der Waals surface area (Å²) in [6, 6.07) is 4.63. The van der Waals surface area contributed by atoms with Crippen LogP contribution in [-0.2, 0) is 11.3 Å². The number of phenols is 1. The molecule has 0 aliphatic carbocycles. The number of aliphatic imine (C=N–C) groups is 1. The lowest BCUT2D eigenvalue weighted by Crippen LogP contribution is -2.47. The van der Waals surface area contributed by atoms with E-state index < -0.39 is 5.82 Å². The Kier molecular flexibility index (Phi) is 6.46. The second kappa shape index (κ2) is 8.14. The number of fused-ring (bicyclic) bond motifs is 2. The number of guanidine groups is 1. The molecular weight excluding hydrogens is 412 g/mol. The molecule has 0 spiro atoms. The van der Waals surface area contributed by atoms with Crippen LogP contribution in [0.4, 0.5) is 4.39 Å². The van der Waals surface area contributed by atoms with Gasteiger partial charge in [-0.25, -0.2) is 9.38 Å². The third-order valence-electron chi connectivity index (χ3n) is 4.20. The number of phenolic OH excluding ortho intramolecular Hbond substituents is 1. The van der Waals surface area contributed by atoms with Crippen LogP contribution in [0.5, 0.6) is 5.75 Å². The van der Waals surface area contributed by atoms with Crippen molar-refractivity contribution in [3.05, 3.63) is 29.6 Å². The molecule has 128 valence electrons. The average molecular weight is 435 g/mol. The van der Waals surface area contributed by atoms with Crippen LogP contribution in [0.25, 0.3) is 0 Å². The van der Waals surface area contributed by atoms with Crippen molar-refractivity contribution >= 4 is 29.9 Å². The van der Waals surface area contributed by atoms with Crippen LogP contribution < -0.4 is 10.6 Å². The molecule has 0 aromatic heterocycles. The van der Waals surface area contributed by atoms with Crippen molar-refractivity contribution in [2.75, 3.05) is 6.54 Å². The molecule has 2 aliphatic rings. The quantitative estimate of drug-likeness (QED) is 0.387. The summed E-state index contributed by atoms with van der Waals surface area (Å²) in [6.45, 7) is 3.13. The van der Waals surface area contributed by atoms with Gasteiger partial charge in [-0.1, -0.05) is 6.07 Å². The van der Waals surface area contributed by atoms with E-state index in [0.29, 0.717) is 18.7 Å². The molecular formula is C16H23FIN3O2. The second-order valence-corrected chi connectivity index (χ2v) is 5.84. The number of ether oxygens (including phenoxy) is 1. The van der Waals surface area contributed by atoms with Crippen molar-refractivity contribution in [3.63, 3.8) is 0 Å². The second-order valence-electron chi connectivity index (χ2n) is 5.84. The molecule has 2 heterocycles. The molecule has 2 saturated heterocycles. The third-order valence-corrected chi connectivity index (χ3v) is 4.20. The summed E-state index contributed by atoms with van der Waals surface area (Å²) < 4.78 is 19.2. The Hall–Kier alpha value is -1.09. The normalized spacial score (nSPS) is 26.0. The summed E-state index contributed by atoms with van der Waals surface area (Å²) in [7, 11) is 0. The Morgan fingerprint density at radius 3 is 2.87 bits per heavy atom. The van der Waals surface area contributed by atoms with Crippen molar-refractivity contribution < 1.29 is 14.2 Å². The topological polar surface area (TPSA) is 65.9 Å². The summed E-state index contributed by atoms with van der Waals surface area (Å²) >= 11 is 0. The number of rotatable bonds is 4. The van der Waals surface area contributed by atoms with Gasteiger partial charge in [-0.3, -0.25) is 0 Å². The van der Waals surface area contributed by atoms with Gasteiger partial charge in [-0.2, -0.15) is 0 Å². The maximum absolute atomic E-state index is 13.3. The number of halogens is 2. The predicted molar refractivity (Wildman–Crippen MR) is 97.7 cm³/mol. The van der Waals surface area contributed by atoms with Crippen LogP contribution in [-0.4, -0.2) is 35.9 Å². The molecule has 2 bridgehead atoms. The first-order valence-electron chi connectivity index (χ1n) is 7.83. The maximum Gasteiger partial charge on any atom is 0.191 e. The van der Waals surface area contributed by atoms with Crippen molar-refractivity contribution in [1.82, 2.24) is 10.6 Å². The molecule has 1 aromatic carbocycles. The van der Waals surface area contributed by atoms with Gasteiger partial charge in [-0.05, 0) is 43.9 Å². The van der Waals surface area contributed by atoms with E-state index >= 15 is 0 Å². The molecule has 0 radical (unpaired) electrons. The van der Waals surface area contributed by atoms with E-state index in [4.69, 9.17) is 4.74 Å². The summed E-state index contributed by atoms with van der Waals surface area (Å²) in [6.07, 6.45) is 3.94. The number of hydrogen-bond acceptors (Lipinski definition) is 3. The zero-order valence-corrected chi connectivity index (χ0v) is 15.4. The molecule has 3 N–H and O–H groups in total. The number of nitrogens with zero attached hydrogens (tertiary/aromatic N) is 1. The molecule has 23 heavy (non-hydrogen) atoms. The lowest BCUT2D eigenvalue weighted by molar-refractivity contribution is 0.0992. The predicted octanol–water partition coefficient (Wildman–Crippen LogP) is 2.52. The van der Waals surface area contributed by atoms with Gasteiger partial charge in [0, 0.05) is 6.54 Å². The maximum atomic E-state index is 13.3. The number of hydrogen-bond donors (Lipinski definition) is 3. The van der Waals surface area contributed by atoms with Gasteiger partial charge < -0.3 is 20.5 Å². The van der Waals surface area contributed by atoms with E-state index in [2.05, 4.69) is 15.6 Å².